The summed E-state index contributed by atoms with van der Waals surface area (Å²) >= 11 is 0. The third-order valence-electron chi connectivity index (χ3n) is 4.81. The molecular weight excluding hydrogens is 250 g/mol. The molecule has 0 saturated carbocycles. The number of ketones is 1. The number of benzene rings is 1. The first-order valence-electron chi connectivity index (χ1n) is 7.14. The molecule has 1 heterocycles. The van der Waals surface area contributed by atoms with Gasteiger partial charge in [-0.1, -0.05) is 37.3 Å². The van der Waals surface area contributed by atoms with E-state index in [1.165, 1.54) is 0 Å². The SMILES string of the molecule is C=CCN1C[C@H](C)[C@@]2(CCc3ccccc3C2=O)C1=O. The fraction of sp³-hybridized carbons (Fsp3) is 0.412. The Bertz CT molecular complexity index is 592. The Morgan fingerprint density at radius 2 is 2.15 bits per heavy atom. The van der Waals surface area contributed by atoms with Gasteiger partial charge in [0.1, 0.15) is 5.41 Å². The van der Waals surface area contributed by atoms with Gasteiger partial charge in [-0.3, -0.25) is 9.59 Å². The van der Waals surface area contributed by atoms with Crippen LogP contribution in [0.1, 0.15) is 29.3 Å². The van der Waals surface area contributed by atoms with Crippen LogP contribution in [0.25, 0.3) is 0 Å². The number of fused-ring (bicyclic) bond motifs is 1. The Labute approximate surface area is 119 Å². The molecule has 3 nitrogen and oxygen atoms in total. The van der Waals surface area contributed by atoms with Crippen LogP contribution in [0.3, 0.4) is 0 Å². The van der Waals surface area contributed by atoms with Crippen LogP contribution in [-0.2, 0) is 11.2 Å². The molecule has 3 rings (SSSR count). The third kappa shape index (κ3) is 1.59. The second-order valence-corrected chi connectivity index (χ2v) is 5.86. The fourth-order valence-electron chi connectivity index (χ4n) is 3.70. The molecule has 1 amide bonds. The van der Waals surface area contributed by atoms with Crippen LogP contribution in [-0.4, -0.2) is 29.7 Å². The van der Waals surface area contributed by atoms with E-state index in [1.54, 1.807) is 11.0 Å². The van der Waals surface area contributed by atoms with Gasteiger partial charge in [0.2, 0.25) is 5.91 Å². The van der Waals surface area contributed by atoms with Gasteiger partial charge in [-0.15, -0.1) is 6.58 Å². The lowest BCUT2D eigenvalue weighted by molar-refractivity contribution is -0.134. The molecule has 1 fully saturated rings. The lowest BCUT2D eigenvalue weighted by Crippen LogP contribution is -2.46. The summed E-state index contributed by atoms with van der Waals surface area (Å²) in [4.78, 5) is 27.5. The van der Waals surface area contributed by atoms with Gasteiger partial charge in [0.25, 0.3) is 0 Å². The van der Waals surface area contributed by atoms with E-state index in [0.29, 0.717) is 19.5 Å². The van der Waals surface area contributed by atoms with Crippen LogP contribution in [0, 0.1) is 11.3 Å². The Kier molecular flexibility index (Phi) is 3.00. The molecule has 2 atom stereocenters. The summed E-state index contributed by atoms with van der Waals surface area (Å²) in [5, 5.41) is 0. The normalized spacial score (nSPS) is 28.9. The van der Waals surface area contributed by atoms with E-state index in [2.05, 4.69) is 6.58 Å². The predicted octanol–water partition coefficient (Wildman–Crippen LogP) is 2.47. The summed E-state index contributed by atoms with van der Waals surface area (Å²) in [5.74, 6) is 0.0728. The lowest BCUT2D eigenvalue weighted by Gasteiger charge is -2.34. The molecule has 1 aromatic rings. The van der Waals surface area contributed by atoms with Crippen molar-refractivity contribution >= 4 is 11.7 Å². The van der Waals surface area contributed by atoms with Crippen molar-refractivity contribution in [1.82, 2.24) is 4.90 Å². The Morgan fingerprint density at radius 1 is 1.40 bits per heavy atom. The minimum atomic E-state index is -0.836. The van der Waals surface area contributed by atoms with Gasteiger partial charge in [0.05, 0.1) is 0 Å². The highest BCUT2D eigenvalue weighted by Crippen LogP contribution is 2.46. The molecule has 1 aliphatic carbocycles. The van der Waals surface area contributed by atoms with E-state index in [1.807, 2.05) is 31.2 Å². The summed E-state index contributed by atoms with van der Waals surface area (Å²) in [7, 11) is 0. The Balaban J connectivity index is 2.04. The molecule has 1 saturated heterocycles. The highest BCUT2D eigenvalue weighted by molar-refractivity contribution is 6.16. The molecule has 104 valence electrons. The minimum Gasteiger partial charge on any atom is -0.338 e. The molecular formula is C17H19NO2. The Morgan fingerprint density at radius 3 is 2.90 bits per heavy atom. The maximum absolute atomic E-state index is 12.9. The van der Waals surface area contributed by atoms with Crippen LogP contribution in [0.15, 0.2) is 36.9 Å². The second kappa shape index (κ2) is 4.58. The van der Waals surface area contributed by atoms with Gasteiger partial charge >= 0.3 is 0 Å². The van der Waals surface area contributed by atoms with Gasteiger partial charge < -0.3 is 4.90 Å². The van der Waals surface area contributed by atoms with Crippen molar-refractivity contribution in [3.8, 4) is 0 Å². The second-order valence-electron chi connectivity index (χ2n) is 5.86. The zero-order valence-corrected chi connectivity index (χ0v) is 11.8. The highest BCUT2D eigenvalue weighted by atomic mass is 16.2. The van der Waals surface area contributed by atoms with Crippen LogP contribution in [0.2, 0.25) is 0 Å². The molecule has 20 heavy (non-hydrogen) atoms. The topological polar surface area (TPSA) is 37.4 Å². The van der Waals surface area contributed by atoms with Gasteiger partial charge in [-0.05, 0) is 24.3 Å². The number of carbonyl (C=O) groups is 2. The van der Waals surface area contributed by atoms with E-state index in [4.69, 9.17) is 0 Å². The van der Waals surface area contributed by atoms with E-state index in [0.717, 1.165) is 17.5 Å². The van der Waals surface area contributed by atoms with Crippen LogP contribution in [0.4, 0.5) is 0 Å². The van der Waals surface area contributed by atoms with Gasteiger partial charge in [0, 0.05) is 18.7 Å². The summed E-state index contributed by atoms with van der Waals surface area (Å²) in [6.45, 7) is 6.89. The number of hydrogen-bond donors (Lipinski definition) is 0. The van der Waals surface area contributed by atoms with Crippen molar-refractivity contribution in [2.24, 2.45) is 11.3 Å². The molecule has 1 spiro atoms. The van der Waals surface area contributed by atoms with E-state index in [9.17, 15) is 9.59 Å². The largest absolute Gasteiger partial charge is 0.338 e. The molecule has 0 unspecified atom stereocenters. The standard InChI is InChI=1S/C17H19NO2/c1-3-10-18-11-12(2)17(16(18)20)9-8-13-6-4-5-7-14(13)15(17)19/h3-7,12H,1,8-11H2,2H3/t12-,17+/m0/s1. The monoisotopic (exact) mass is 269 g/mol. The van der Waals surface area contributed by atoms with Gasteiger partial charge in [-0.25, -0.2) is 0 Å². The first kappa shape index (κ1) is 13.1. The average Bonchev–Trinajstić information content (AvgIpc) is 2.69. The van der Waals surface area contributed by atoms with Crippen molar-refractivity contribution in [1.29, 1.82) is 0 Å². The molecule has 0 aromatic heterocycles. The molecule has 2 aliphatic rings. The van der Waals surface area contributed by atoms with Crippen molar-refractivity contribution in [2.45, 2.75) is 19.8 Å². The number of hydrogen-bond acceptors (Lipinski definition) is 2. The number of carbonyl (C=O) groups excluding carboxylic acids is 2. The number of aryl methyl sites for hydroxylation is 1. The quantitative estimate of drug-likeness (QED) is 0.611. The summed E-state index contributed by atoms with van der Waals surface area (Å²) < 4.78 is 0. The highest BCUT2D eigenvalue weighted by Gasteiger charge is 2.58. The smallest absolute Gasteiger partial charge is 0.237 e. The maximum Gasteiger partial charge on any atom is 0.237 e. The van der Waals surface area contributed by atoms with Gasteiger partial charge in [-0.2, -0.15) is 0 Å². The molecule has 1 aliphatic heterocycles. The molecule has 0 radical (unpaired) electrons. The first-order chi connectivity index (χ1) is 9.61. The van der Waals surface area contributed by atoms with Crippen molar-refractivity contribution < 1.29 is 9.59 Å². The predicted molar refractivity (Wildman–Crippen MR) is 77.5 cm³/mol. The summed E-state index contributed by atoms with van der Waals surface area (Å²) in [6.07, 6.45) is 3.17. The minimum absolute atomic E-state index is 0.00981. The number of likely N-dealkylation sites (tertiary alicyclic amines) is 1. The van der Waals surface area contributed by atoms with Crippen molar-refractivity contribution in [3.05, 3.63) is 48.0 Å². The van der Waals surface area contributed by atoms with Crippen LogP contribution < -0.4 is 0 Å². The van der Waals surface area contributed by atoms with Crippen LogP contribution in [0.5, 0.6) is 0 Å². The van der Waals surface area contributed by atoms with E-state index >= 15 is 0 Å². The first-order valence-corrected chi connectivity index (χ1v) is 7.14. The van der Waals surface area contributed by atoms with Crippen LogP contribution >= 0.6 is 0 Å². The van der Waals surface area contributed by atoms with E-state index < -0.39 is 5.41 Å². The zero-order valence-electron chi connectivity index (χ0n) is 11.8. The molecule has 3 heteroatoms. The van der Waals surface area contributed by atoms with E-state index in [-0.39, 0.29) is 17.6 Å². The Hall–Kier alpha value is -1.90. The van der Waals surface area contributed by atoms with Gasteiger partial charge in [0.15, 0.2) is 5.78 Å². The maximum atomic E-state index is 12.9. The lowest BCUT2D eigenvalue weighted by atomic mass is 9.65. The summed E-state index contributed by atoms with van der Waals surface area (Å²) in [6, 6.07) is 7.68. The molecule has 1 aromatic carbocycles. The number of rotatable bonds is 2. The number of Topliss-reactive ketones (excluding diaryl/α,β-unsaturated/α-hetero) is 1. The molecule has 0 bridgehead atoms. The average molecular weight is 269 g/mol. The summed E-state index contributed by atoms with van der Waals surface area (Å²) in [5.41, 5.74) is 0.974. The molecule has 0 N–H and O–H groups in total. The third-order valence-corrected chi connectivity index (χ3v) is 4.81. The number of nitrogens with zero attached hydrogens (tertiary/aromatic N) is 1. The number of amides is 1. The van der Waals surface area contributed by atoms with Crippen molar-refractivity contribution in [2.75, 3.05) is 13.1 Å². The van der Waals surface area contributed by atoms with Crippen molar-refractivity contribution in [3.63, 3.8) is 0 Å². The zero-order chi connectivity index (χ0) is 14.3. The fourth-order valence-corrected chi connectivity index (χ4v) is 3.70.